The van der Waals surface area contributed by atoms with Crippen molar-refractivity contribution < 1.29 is 19.0 Å². The van der Waals surface area contributed by atoms with Gasteiger partial charge in [-0.05, 0) is 18.1 Å². The Morgan fingerprint density at radius 3 is 2.50 bits per heavy atom. The van der Waals surface area contributed by atoms with Crippen LogP contribution < -0.4 is 0 Å². The summed E-state index contributed by atoms with van der Waals surface area (Å²) in [6.07, 6.45) is -0.711. The van der Waals surface area contributed by atoms with Gasteiger partial charge in [0.05, 0.1) is 14.2 Å². The first kappa shape index (κ1) is 12.1. The monoisotopic (exact) mass is 244 g/mol. The van der Waals surface area contributed by atoms with Crippen molar-refractivity contribution in [3.05, 3.63) is 47.4 Å². The van der Waals surface area contributed by atoms with Crippen LogP contribution in [0.3, 0.4) is 0 Å². The Morgan fingerprint density at radius 1 is 1.17 bits per heavy atom. The molecule has 4 heteroatoms. The minimum Gasteiger partial charge on any atom is -0.492 e. The average Bonchev–Trinajstić information content (AvgIpc) is 2.72. The van der Waals surface area contributed by atoms with E-state index in [1.807, 2.05) is 30.3 Å². The summed E-state index contributed by atoms with van der Waals surface area (Å²) >= 11 is 0. The molecule has 92 valence electrons. The van der Waals surface area contributed by atoms with Gasteiger partial charge >= 0.3 is 5.97 Å². The zero-order chi connectivity index (χ0) is 13.0. The quantitative estimate of drug-likeness (QED) is 0.583. The molecule has 0 saturated carbocycles. The second kappa shape index (κ2) is 5.28. The second-order valence-electron chi connectivity index (χ2n) is 3.52. The molecule has 2 rings (SSSR count). The highest BCUT2D eigenvalue weighted by atomic mass is 16.6. The maximum atomic E-state index is 11.4. The van der Waals surface area contributed by atoms with E-state index in [1.165, 1.54) is 14.2 Å². The Labute approximate surface area is 105 Å². The highest BCUT2D eigenvalue weighted by Gasteiger charge is 2.35. The van der Waals surface area contributed by atoms with Crippen LogP contribution in [0.2, 0.25) is 0 Å². The summed E-state index contributed by atoms with van der Waals surface area (Å²) in [6.45, 7) is 0. The van der Waals surface area contributed by atoms with Crippen LogP contribution in [0.5, 0.6) is 0 Å². The van der Waals surface area contributed by atoms with E-state index in [0.717, 1.165) is 5.56 Å². The van der Waals surface area contributed by atoms with Crippen molar-refractivity contribution in [1.82, 2.24) is 0 Å². The van der Waals surface area contributed by atoms with Crippen LogP contribution in [-0.2, 0) is 19.0 Å². The first-order valence-corrected chi connectivity index (χ1v) is 5.36. The number of carbonyl (C=O) groups is 1. The lowest BCUT2D eigenvalue weighted by Crippen LogP contribution is -2.09. The van der Waals surface area contributed by atoms with Gasteiger partial charge in [-0.25, -0.2) is 4.79 Å². The molecule has 0 amide bonds. The van der Waals surface area contributed by atoms with E-state index in [4.69, 9.17) is 14.2 Å². The maximum absolute atomic E-state index is 11.4. The molecule has 1 aliphatic heterocycles. The zero-order valence-electron chi connectivity index (χ0n) is 10.1. The number of benzene rings is 1. The smallest absolute Gasteiger partial charge is 0.379 e. The molecule has 0 saturated heterocycles. The summed E-state index contributed by atoms with van der Waals surface area (Å²) in [5, 5.41) is 0. The first-order chi connectivity index (χ1) is 8.76. The fourth-order valence-corrected chi connectivity index (χ4v) is 1.58. The molecule has 4 nitrogen and oxygen atoms in total. The van der Waals surface area contributed by atoms with Crippen LogP contribution >= 0.6 is 0 Å². The van der Waals surface area contributed by atoms with E-state index < -0.39 is 12.1 Å². The van der Waals surface area contributed by atoms with Gasteiger partial charge in [0.25, 0.3) is 0 Å². The zero-order valence-corrected chi connectivity index (χ0v) is 10.1. The SMILES string of the molecule is COC1=C(OC)C(C#Cc2ccccc2)OC1=O. The van der Waals surface area contributed by atoms with Crippen molar-refractivity contribution in [3.63, 3.8) is 0 Å². The molecule has 0 spiro atoms. The number of rotatable bonds is 2. The molecule has 1 aromatic rings. The Hall–Kier alpha value is -2.41. The number of esters is 1. The Kier molecular flexibility index (Phi) is 3.54. The van der Waals surface area contributed by atoms with Gasteiger partial charge in [0.2, 0.25) is 11.9 Å². The fourth-order valence-electron chi connectivity index (χ4n) is 1.58. The lowest BCUT2D eigenvalue weighted by atomic mass is 10.2. The minimum absolute atomic E-state index is 0.0739. The van der Waals surface area contributed by atoms with E-state index in [2.05, 4.69) is 11.8 Å². The molecule has 1 unspecified atom stereocenters. The Morgan fingerprint density at radius 2 is 1.89 bits per heavy atom. The van der Waals surface area contributed by atoms with E-state index in [1.54, 1.807) is 0 Å². The molecule has 1 atom stereocenters. The predicted octanol–water partition coefficient (Wildman–Crippen LogP) is 1.47. The highest BCUT2D eigenvalue weighted by Crippen LogP contribution is 2.23. The van der Waals surface area contributed by atoms with Gasteiger partial charge in [-0.15, -0.1) is 0 Å². The molecule has 0 bridgehead atoms. The lowest BCUT2D eigenvalue weighted by molar-refractivity contribution is -0.140. The largest absolute Gasteiger partial charge is 0.492 e. The Balaban J connectivity index is 2.24. The molecule has 1 heterocycles. The number of methoxy groups -OCH3 is 2. The number of cyclic esters (lactones) is 1. The van der Waals surface area contributed by atoms with Crippen LogP contribution in [0.4, 0.5) is 0 Å². The molecule has 18 heavy (non-hydrogen) atoms. The van der Waals surface area contributed by atoms with Gasteiger partial charge in [0.15, 0.2) is 5.76 Å². The topological polar surface area (TPSA) is 44.8 Å². The van der Waals surface area contributed by atoms with Crippen molar-refractivity contribution in [1.29, 1.82) is 0 Å². The highest BCUT2D eigenvalue weighted by molar-refractivity contribution is 5.90. The molecule has 0 aromatic heterocycles. The van der Waals surface area contributed by atoms with Gasteiger partial charge in [-0.1, -0.05) is 24.1 Å². The van der Waals surface area contributed by atoms with Crippen molar-refractivity contribution in [2.24, 2.45) is 0 Å². The molecule has 1 aliphatic rings. The first-order valence-electron chi connectivity index (χ1n) is 5.36. The average molecular weight is 244 g/mol. The molecular weight excluding hydrogens is 232 g/mol. The van der Waals surface area contributed by atoms with E-state index in [-0.39, 0.29) is 5.76 Å². The van der Waals surface area contributed by atoms with Crippen LogP contribution in [0.25, 0.3) is 0 Å². The molecule has 0 aliphatic carbocycles. The normalized spacial score (nSPS) is 17.9. The van der Waals surface area contributed by atoms with Gasteiger partial charge in [0, 0.05) is 5.56 Å². The summed E-state index contributed by atoms with van der Waals surface area (Å²) in [7, 11) is 2.84. The van der Waals surface area contributed by atoms with Gasteiger partial charge < -0.3 is 14.2 Å². The van der Waals surface area contributed by atoms with Crippen molar-refractivity contribution >= 4 is 5.97 Å². The Bertz CT molecular complexity index is 534. The fraction of sp³-hybridized carbons (Fsp3) is 0.214. The number of ether oxygens (including phenoxy) is 3. The summed E-state index contributed by atoms with van der Waals surface area (Å²) in [5.41, 5.74) is 0.842. The van der Waals surface area contributed by atoms with Crippen LogP contribution in [0.1, 0.15) is 5.56 Å². The van der Waals surface area contributed by atoms with E-state index in [9.17, 15) is 4.79 Å². The maximum Gasteiger partial charge on any atom is 0.379 e. The predicted molar refractivity (Wildman–Crippen MR) is 64.2 cm³/mol. The van der Waals surface area contributed by atoms with Gasteiger partial charge in [0.1, 0.15) is 0 Å². The molecule has 0 fully saturated rings. The summed E-state index contributed by atoms with van der Waals surface area (Å²) in [6, 6.07) is 9.43. The molecule has 1 aromatic carbocycles. The molecule has 0 N–H and O–H groups in total. The van der Waals surface area contributed by atoms with E-state index in [0.29, 0.717) is 5.76 Å². The summed E-state index contributed by atoms with van der Waals surface area (Å²) < 4.78 is 15.1. The van der Waals surface area contributed by atoms with Crippen molar-refractivity contribution in [3.8, 4) is 11.8 Å². The standard InChI is InChI=1S/C14H12O4/c1-16-12-11(18-14(15)13(12)17-2)9-8-10-6-4-3-5-7-10/h3-7,11H,1-2H3. The van der Waals surface area contributed by atoms with Crippen LogP contribution in [-0.4, -0.2) is 26.3 Å². The van der Waals surface area contributed by atoms with Crippen LogP contribution in [0, 0.1) is 11.8 Å². The van der Waals surface area contributed by atoms with Gasteiger partial charge in [-0.3, -0.25) is 0 Å². The third-order valence-electron chi connectivity index (χ3n) is 2.42. The van der Waals surface area contributed by atoms with E-state index >= 15 is 0 Å². The summed E-state index contributed by atoms with van der Waals surface area (Å²) in [4.78, 5) is 11.4. The number of hydrogen-bond acceptors (Lipinski definition) is 4. The van der Waals surface area contributed by atoms with Gasteiger partial charge in [-0.2, -0.15) is 0 Å². The minimum atomic E-state index is -0.711. The lowest BCUT2D eigenvalue weighted by Gasteiger charge is -2.04. The second-order valence-corrected chi connectivity index (χ2v) is 3.52. The number of carbonyl (C=O) groups excluding carboxylic acids is 1. The third kappa shape index (κ3) is 2.30. The van der Waals surface area contributed by atoms with Crippen molar-refractivity contribution in [2.45, 2.75) is 6.10 Å². The third-order valence-corrected chi connectivity index (χ3v) is 2.42. The van der Waals surface area contributed by atoms with Crippen LogP contribution in [0.15, 0.2) is 41.9 Å². The molecular formula is C14H12O4. The summed E-state index contributed by atoms with van der Waals surface area (Å²) in [5.74, 6) is 5.59. The molecule has 0 radical (unpaired) electrons. The van der Waals surface area contributed by atoms with Crippen molar-refractivity contribution in [2.75, 3.05) is 14.2 Å². The number of hydrogen-bond donors (Lipinski definition) is 0.